The molecule has 10 heteroatoms. The molecule has 0 bridgehead atoms. The summed E-state index contributed by atoms with van der Waals surface area (Å²) in [4.78, 5) is 0. The molecule has 4 aromatic carbocycles. The molecule has 4 aromatic rings. The van der Waals surface area contributed by atoms with E-state index in [1.54, 1.807) is 6.07 Å². The van der Waals surface area contributed by atoms with Gasteiger partial charge in [-0.3, -0.25) is 0 Å². The van der Waals surface area contributed by atoms with Crippen LogP contribution in [0.3, 0.4) is 0 Å². The van der Waals surface area contributed by atoms with E-state index in [9.17, 15) is 30.5 Å². The summed E-state index contributed by atoms with van der Waals surface area (Å²) in [5, 5.41) is -5.97. The smallest absolute Gasteiger partial charge is 0.743 e. The van der Waals surface area contributed by atoms with Gasteiger partial charge < -0.3 is 9.29 Å². The molecule has 4 nitrogen and oxygen atoms in total. The molecule has 0 amide bonds. The topological polar surface area (TPSA) is 66.4 Å². The van der Waals surface area contributed by atoms with Gasteiger partial charge in [0.05, 0.1) is 5.41 Å². The van der Waals surface area contributed by atoms with Crippen LogP contribution in [0.15, 0.2) is 72.8 Å². The Labute approximate surface area is 240 Å². The molecule has 0 aromatic heterocycles. The zero-order valence-corrected chi connectivity index (χ0v) is 22.8. The maximum atomic E-state index is 14.3. The largest absolute Gasteiger partial charge is 1.00 e. The van der Waals surface area contributed by atoms with Crippen molar-refractivity contribution >= 4 is 10.1 Å². The first-order valence-corrected chi connectivity index (χ1v) is 13.5. The van der Waals surface area contributed by atoms with Gasteiger partial charge in [0, 0.05) is 0 Å². The zero-order chi connectivity index (χ0) is 28.1. The van der Waals surface area contributed by atoms with E-state index in [1.807, 2.05) is 51.1 Å². The van der Waals surface area contributed by atoms with E-state index in [4.69, 9.17) is 0 Å². The first kappa shape index (κ1) is 28.4. The molecular weight excluding hydrogens is 539 g/mol. The molecule has 1 spiro atoms. The van der Waals surface area contributed by atoms with Crippen LogP contribution in [0.5, 0.6) is 5.75 Å². The van der Waals surface area contributed by atoms with Crippen LogP contribution in [-0.2, 0) is 15.5 Å². The summed E-state index contributed by atoms with van der Waals surface area (Å²) in [7, 11) is -6.70. The van der Waals surface area contributed by atoms with Gasteiger partial charge in [-0.15, -0.1) is 0 Å². The zero-order valence-electron chi connectivity index (χ0n) is 22.0. The first-order valence-electron chi connectivity index (χ1n) is 12.1. The fraction of sp³-hybridized carbons (Fsp3) is 0.200. The second-order valence-electron chi connectivity index (χ2n) is 10.2. The van der Waals surface area contributed by atoms with Crippen LogP contribution in [0, 0.1) is 20.8 Å². The van der Waals surface area contributed by atoms with Gasteiger partial charge in [-0.1, -0.05) is 77.4 Å². The van der Waals surface area contributed by atoms with Crippen LogP contribution >= 0.6 is 0 Å². The Bertz CT molecular complexity index is 1770. The van der Waals surface area contributed by atoms with Crippen molar-refractivity contribution in [3.8, 4) is 28.0 Å². The number of ether oxygens (including phenoxy) is 1. The third-order valence-corrected chi connectivity index (χ3v) is 8.48. The predicted octanol–water partition coefficient (Wildman–Crippen LogP) is 4.07. The molecule has 0 saturated carbocycles. The maximum Gasteiger partial charge on any atom is 1.00 e. The van der Waals surface area contributed by atoms with Crippen LogP contribution in [0.25, 0.3) is 22.3 Å². The molecule has 0 N–H and O–H groups in total. The average molecular weight is 560 g/mol. The van der Waals surface area contributed by atoms with Crippen LogP contribution in [0.4, 0.5) is 17.6 Å². The van der Waals surface area contributed by atoms with Gasteiger partial charge in [0.15, 0.2) is 10.1 Å². The van der Waals surface area contributed by atoms with Gasteiger partial charge in [-0.25, -0.2) is 8.42 Å². The second-order valence-corrected chi connectivity index (χ2v) is 11.6. The van der Waals surface area contributed by atoms with Gasteiger partial charge in [-0.2, -0.15) is 17.6 Å². The summed E-state index contributed by atoms with van der Waals surface area (Å²) in [6, 6.07) is 22.1. The maximum absolute atomic E-state index is 14.3. The number of alkyl halides is 4. The van der Waals surface area contributed by atoms with Crippen LogP contribution < -0.4 is 23.6 Å². The molecule has 6 rings (SSSR count). The number of halogens is 4. The van der Waals surface area contributed by atoms with Gasteiger partial charge in [0.25, 0.3) is 0 Å². The molecule has 0 saturated heterocycles. The minimum absolute atomic E-state index is 0. The standard InChI is InChI=1S/C30H22F4O4S.Li/c1-16-6-10-24-22(12-16)23-15-19(38-29(31,32)30(33,34)39(35,36)37)7-11-25(23)28(24)26-13-17(2)4-8-20(26)21-9-5-18(3)14-27(21)28;/h4-15H,1-3H3,(H,35,36,37);/q;+1/p-1. The van der Waals surface area contributed by atoms with E-state index < -0.39 is 32.6 Å². The Hall–Kier alpha value is -3.09. The van der Waals surface area contributed by atoms with Crippen LogP contribution in [0.1, 0.15) is 38.9 Å². The fourth-order valence-electron chi connectivity index (χ4n) is 5.97. The fourth-order valence-corrected chi connectivity index (χ4v) is 6.31. The summed E-state index contributed by atoms with van der Waals surface area (Å²) >= 11 is 0. The summed E-state index contributed by atoms with van der Waals surface area (Å²) < 4.78 is 93.1. The number of rotatable bonds is 4. The summed E-state index contributed by atoms with van der Waals surface area (Å²) in [6.45, 7) is 5.85. The van der Waals surface area contributed by atoms with Crippen molar-refractivity contribution in [2.24, 2.45) is 0 Å². The normalized spacial score (nSPS) is 14.7. The van der Waals surface area contributed by atoms with Crippen LogP contribution in [-0.4, -0.2) is 24.3 Å². The van der Waals surface area contributed by atoms with Crippen molar-refractivity contribution < 1.29 is 54.1 Å². The number of hydrogen-bond acceptors (Lipinski definition) is 4. The van der Waals surface area contributed by atoms with Gasteiger partial charge in [0.1, 0.15) is 5.75 Å². The molecule has 200 valence electrons. The molecule has 40 heavy (non-hydrogen) atoms. The molecule has 0 unspecified atom stereocenters. The molecule has 0 atom stereocenters. The third kappa shape index (κ3) is 3.72. The Kier molecular flexibility index (Phi) is 6.36. The molecule has 0 radical (unpaired) electrons. The SMILES string of the molecule is Cc1ccc2c(c1)-c1cc(OC(F)(F)C(F)(F)S(=O)(=O)[O-])ccc1C21c2cc(C)ccc2-c2ccc(C)cc21.[Li+]. The Morgan fingerprint density at radius 3 is 1.62 bits per heavy atom. The number of fused-ring (bicyclic) bond motifs is 10. The summed E-state index contributed by atoms with van der Waals surface area (Å²) in [5.74, 6) is -0.696. The van der Waals surface area contributed by atoms with E-state index in [-0.39, 0.29) is 18.9 Å². The van der Waals surface area contributed by atoms with E-state index in [1.165, 1.54) is 6.07 Å². The monoisotopic (exact) mass is 560 g/mol. The average Bonchev–Trinajstić information content (AvgIpc) is 3.28. The predicted molar refractivity (Wildman–Crippen MR) is 137 cm³/mol. The summed E-state index contributed by atoms with van der Waals surface area (Å²) in [6.07, 6.45) is -5.59. The molecule has 0 aliphatic heterocycles. The van der Waals surface area contributed by atoms with Crippen molar-refractivity contribution in [2.75, 3.05) is 0 Å². The van der Waals surface area contributed by atoms with Crippen LogP contribution in [0.2, 0.25) is 0 Å². The van der Waals surface area contributed by atoms with Gasteiger partial charge in [-0.05, 0) is 77.4 Å². The number of aryl methyl sites for hydroxylation is 3. The van der Waals surface area contributed by atoms with Crippen molar-refractivity contribution in [2.45, 2.75) is 37.5 Å². The molecule has 0 heterocycles. The minimum atomic E-state index is -6.70. The molecular formula is C30H21F4LiO4S. The van der Waals surface area contributed by atoms with E-state index in [0.29, 0.717) is 11.1 Å². The van der Waals surface area contributed by atoms with Crippen molar-refractivity contribution in [1.29, 1.82) is 0 Å². The Morgan fingerprint density at radius 1 is 0.650 bits per heavy atom. The number of hydrogen-bond donors (Lipinski definition) is 0. The van der Waals surface area contributed by atoms with Crippen molar-refractivity contribution in [1.82, 2.24) is 0 Å². The quantitative estimate of drug-likeness (QED) is 0.185. The van der Waals surface area contributed by atoms with Crippen molar-refractivity contribution in [3.05, 3.63) is 112 Å². The first-order chi connectivity index (χ1) is 18.2. The van der Waals surface area contributed by atoms with E-state index in [0.717, 1.165) is 56.1 Å². The van der Waals surface area contributed by atoms with Gasteiger partial charge in [0.2, 0.25) is 0 Å². The minimum Gasteiger partial charge on any atom is -0.743 e. The Balaban J connectivity index is 0.00000323. The third-order valence-electron chi connectivity index (χ3n) is 7.61. The second kappa shape index (κ2) is 8.95. The van der Waals surface area contributed by atoms with E-state index >= 15 is 0 Å². The van der Waals surface area contributed by atoms with Gasteiger partial charge >= 0.3 is 30.2 Å². The molecule has 2 aliphatic rings. The van der Waals surface area contributed by atoms with Crippen molar-refractivity contribution in [3.63, 3.8) is 0 Å². The molecule has 2 aliphatic carbocycles. The molecule has 0 fully saturated rings. The Morgan fingerprint density at radius 2 is 1.10 bits per heavy atom. The van der Waals surface area contributed by atoms with E-state index in [2.05, 4.69) is 29.0 Å². The summed E-state index contributed by atoms with van der Waals surface area (Å²) in [5.41, 5.74) is 9.07. The number of benzene rings is 4.